The molecule has 3 aromatic rings. The van der Waals surface area contributed by atoms with Crippen molar-refractivity contribution in [1.82, 2.24) is 0 Å². The predicted molar refractivity (Wildman–Crippen MR) is 167 cm³/mol. The van der Waals surface area contributed by atoms with Crippen molar-refractivity contribution in [3.63, 3.8) is 0 Å². The third-order valence-corrected chi connectivity index (χ3v) is 6.77. The molecule has 0 aliphatic rings. The molecule has 43 heavy (non-hydrogen) atoms. The molecule has 0 amide bonds. The number of methoxy groups -OCH3 is 7. The number of allylic oxidation sites excluding steroid dienone is 1. The van der Waals surface area contributed by atoms with Gasteiger partial charge in [0.25, 0.3) is 0 Å². The van der Waals surface area contributed by atoms with Crippen LogP contribution in [-0.4, -0.2) is 62.0 Å². The smallest absolute Gasteiger partial charge is 0.203 e. The van der Waals surface area contributed by atoms with Crippen LogP contribution in [0.3, 0.4) is 0 Å². The SMILES string of the molecule is C/C=C/c1cc(OC)c(OC(C)Cc2cc(OC)c(OC(C)Cc3cc(OC)c(OC)c(OC)c3)c(OC)c2)c(OC)c1. The van der Waals surface area contributed by atoms with Crippen molar-refractivity contribution in [2.75, 3.05) is 49.8 Å². The summed E-state index contributed by atoms with van der Waals surface area (Å²) < 4.78 is 51.9. The Balaban J connectivity index is 1.82. The van der Waals surface area contributed by atoms with E-state index >= 15 is 0 Å². The second-order valence-corrected chi connectivity index (χ2v) is 9.88. The lowest BCUT2D eigenvalue weighted by molar-refractivity contribution is 0.197. The Kier molecular flexibility index (Phi) is 12.1. The van der Waals surface area contributed by atoms with Crippen molar-refractivity contribution >= 4 is 6.08 Å². The van der Waals surface area contributed by atoms with Gasteiger partial charge in [0.2, 0.25) is 17.2 Å². The summed E-state index contributed by atoms with van der Waals surface area (Å²) in [6.45, 7) is 5.93. The summed E-state index contributed by atoms with van der Waals surface area (Å²) in [6.07, 6.45) is 4.62. The number of benzene rings is 3. The Labute approximate surface area is 255 Å². The number of rotatable bonds is 16. The van der Waals surface area contributed by atoms with Gasteiger partial charge >= 0.3 is 0 Å². The van der Waals surface area contributed by atoms with Gasteiger partial charge in [0.05, 0.1) is 49.8 Å². The van der Waals surface area contributed by atoms with E-state index in [0.717, 1.165) is 16.7 Å². The average molecular weight is 597 g/mol. The standard InChI is InChI=1S/C34H44O9/c1-11-12-23-15-28(37-6)33(29(16-23)38-7)42-22(3)14-25-19-30(39-8)34(31(20-25)40-9)43-21(2)13-24-17-26(35-4)32(41-10)27(18-24)36-5/h11-12,15-22H,13-14H2,1-10H3/b12-11+. The highest BCUT2D eigenvalue weighted by molar-refractivity contribution is 5.62. The summed E-state index contributed by atoms with van der Waals surface area (Å²) in [6, 6.07) is 11.5. The molecule has 9 heteroatoms. The highest BCUT2D eigenvalue weighted by Crippen LogP contribution is 2.43. The van der Waals surface area contributed by atoms with Gasteiger partial charge in [-0.05, 0) is 73.9 Å². The van der Waals surface area contributed by atoms with E-state index in [2.05, 4.69) is 0 Å². The van der Waals surface area contributed by atoms with E-state index in [0.29, 0.717) is 64.6 Å². The Bertz CT molecular complexity index is 1310. The third-order valence-electron chi connectivity index (χ3n) is 6.77. The molecule has 3 aromatic carbocycles. The van der Waals surface area contributed by atoms with Crippen LogP contribution in [0.5, 0.6) is 51.7 Å². The fraction of sp³-hybridized carbons (Fsp3) is 0.412. The first-order chi connectivity index (χ1) is 20.7. The summed E-state index contributed by atoms with van der Waals surface area (Å²) in [4.78, 5) is 0. The van der Waals surface area contributed by atoms with E-state index in [1.54, 1.807) is 49.8 Å². The molecule has 0 fully saturated rings. The van der Waals surface area contributed by atoms with Crippen LogP contribution in [-0.2, 0) is 12.8 Å². The van der Waals surface area contributed by atoms with Gasteiger partial charge < -0.3 is 42.6 Å². The maximum Gasteiger partial charge on any atom is 0.203 e. The molecule has 0 heterocycles. The lowest BCUT2D eigenvalue weighted by Gasteiger charge is -2.22. The fourth-order valence-electron chi connectivity index (χ4n) is 4.88. The average Bonchev–Trinajstić information content (AvgIpc) is 3.01. The van der Waals surface area contributed by atoms with Gasteiger partial charge in [-0.2, -0.15) is 0 Å². The molecule has 0 saturated carbocycles. The zero-order valence-corrected chi connectivity index (χ0v) is 26.9. The van der Waals surface area contributed by atoms with Crippen molar-refractivity contribution in [3.8, 4) is 51.7 Å². The fourth-order valence-corrected chi connectivity index (χ4v) is 4.88. The molecule has 0 aliphatic carbocycles. The molecule has 0 spiro atoms. The molecule has 0 aromatic heterocycles. The molecule has 0 radical (unpaired) electrons. The van der Waals surface area contributed by atoms with E-state index < -0.39 is 0 Å². The summed E-state index contributed by atoms with van der Waals surface area (Å²) >= 11 is 0. The second-order valence-electron chi connectivity index (χ2n) is 9.88. The maximum absolute atomic E-state index is 6.38. The molecule has 0 bridgehead atoms. The molecule has 0 aliphatic heterocycles. The van der Waals surface area contributed by atoms with Gasteiger partial charge in [-0.25, -0.2) is 0 Å². The first kappa shape index (κ1) is 33.1. The van der Waals surface area contributed by atoms with Crippen LogP contribution < -0.4 is 42.6 Å². The molecule has 9 nitrogen and oxygen atoms in total. The Morgan fingerprint density at radius 2 is 0.814 bits per heavy atom. The quantitative estimate of drug-likeness (QED) is 0.177. The molecular formula is C34H44O9. The van der Waals surface area contributed by atoms with Gasteiger partial charge in [0, 0.05) is 12.8 Å². The molecule has 2 unspecified atom stereocenters. The first-order valence-corrected chi connectivity index (χ1v) is 14.0. The van der Waals surface area contributed by atoms with Gasteiger partial charge in [-0.3, -0.25) is 0 Å². The highest BCUT2D eigenvalue weighted by atomic mass is 16.6. The predicted octanol–water partition coefficient (Wildman–Crippen LogP) is 6.80. The van der Waals surface area contributed by atoms with Gasteiger partial charge in [-0.15, -0.1) is 0 Å². The Morgan fingerprint density at radius 1 is 0.488 bits per heavy atom. The minimum absolute atomic E-state index is 0.226. The van der Waals surface area contributed by atoms with Crippen molar-refractivity contribution in [1.29, 1.82) is 0 Å². The normalized spacial score (nSPS) is 12.3. The monoisotopic (exact) mass is 596 g/mol. The topological polar surface area (TPSA) is 83.1 Å². The minimum atomic E-state index is -0.232. The van der Waals surface area contributed by atoms with Crippen LogP contribution >= 0.6 is 0 Å². The summed E-state index contributed by atoms with van der Waals surface area (Å²) in [5.41, 5.74) is 2.88. The number of hydrogen-bond acceptors (Lipinski definition) is 9. The van der Waals surface area contributed by atoms with Gasteiger partial charge in [0.1, 0.15) is 12.2 Å². The van der Waals surface area contributed by atoms with E-state index in [9.17, 15) is 0 Å². The van der Waals surface area contributed by atoms with E-state index in [4.69, 9.17) is 42.6 Å². The zero-order valence-electron chi connectivity index (χ0n) is 26.9. The van der Waals surface area contributed by atoms with Crippen LogP contribution in [0.4, 0.5) is 0 Å². The molecule has 0 N–H and O–H groups in total. The van der Waals surface area contributed by atoms with Crippen molar-refractivity contribution < 1.29 is 42.6 Å². The second kappa shape index (κ2) is 15.7. The highest BCUT2D eigenvalue weighted by Gasteiger charge is 2.22. The molecule has 3 rings (SSSR count). The largest absolute Gasteiger partial charge is 0.493 e. The number of hydrogen-bond donors (Lipinski definition) is 0. The van der Waals surface area contributed by atoms with E-state index in [1.165, 1.54) is 0 Å². The molecule has 2 atom stereocenters. The molecular weight excluding hydrogens is 552 g/mol. The number of ether oxygens (including phenoxy) is 9. The summed E-state index contributed by atoms with van der Waals surface area (Å²) in [5.74, 6) is 5.09. The van der Waals surface area contributed by atoms with Gasteiger partial charge in [0.15, 0.2) is 34.5 Å². The zero-order chi connectivity index (χ0) is 31.5. The van der Waals surface area contributed by atoms with E-state index in [-0.39, 0.29) is 12.2 Å². The van der Waals surface area contributed by atoms with Crippen LogP contribution in [0.25, 0.3) is 6.08 Å². The molecule has 234 valence electrons. The Hall–Kier alpha value is -4.40. The van der Waals surface area contributed by atoms with Crippen LogP contribution in [0, 0.1) is 0 Å². The lowest BCUT2D eigenvalue weighted by atomic mass is 10.1. The van der Waals surface area contributed by atoms with Crippen molar-refractivity contribution in [2.24, 2.45) is 0 Å². The minimum Gasteiger partial charge on any atom is -0.493 e. The van der Waals surface area contributed by atoms with Crippen molar-refractivity contribution in [2.45, 2.75) is 45.8 Å². The summed E-state index contributed by atoms with van der Waals surface area (Å²) in [5, 5.41) is 0. The molecule has 0 saturated heterocycles. The van der Waals surface area contributed by atoms with Gasteiger partial charge in [-0.1, -0.05) is 12.2 Å². The van der Waals surface area contributed by atoms with Crippen LogP contribution in [0.1, 0.15) is 37.5 Å². The van der Waals surface area contributed by atoms with Crippen LogP contribution in [0.15, 0.2) is 42.5 Å². The Morgan fingerprint density at radius 3 is 1.12 bits per heavy atom. The summed E-state index contributed by atoms with van der Waals surface area (Å²) in [7, 11) is 11.2. The lowest BCUT2D eigenvalue weighted by Crippen LogP contribution is -2.18. The third kappa shape index (κ3) is 8.12. The first-order valence-electron chi connectivity index (χ1n) is 14.0. The maximum atomic E-state index is 6.38. The van der Waals surface area contributed by atoms with Crippen molar-refractivity contribution in [3.05, 3.63) is 59.2 Å². The van der Waals surface area contributed by atoms with E-state index in [1.807, 2.05) is 69.3 Å². The van der Waals surface area contributed by atoms with Crippen LogP contribution in [0.2, 0.25) is 0 Å².